The van der Waals surface area contributed by atoms with Crippen molar-refractivity contribution in [3.8, 4) is 11.5 Å². The number of aromatic nitrogens is 1. The van der Waals surface area contributed by atoms with E-state index in [1.54, 1.807) is 27.3 Å². The summed E-state index contributed by atoms with van der Waals surface area (Å²) in [6.07, 6.45) is 0. The Bertz CT molecular complexity index is 1110. The van der Waals surface area contributed by atoms with Crippen molar-refractivity contribution in [2.24, 2.45) is 7.05 Å². The van der Waals surface area contributed by atoms with E-state index >= 15 is 0 Å². The fourth-order valence-electron chi connectivity index (χ4n) is 3.26. The monoisotopic (exact) mass is 410 g/mol. The van der Waals surface area contributed by atoms with Crippen molar-refractivity contribution in [3.05, 3.63) is 70.0 Å². The number of rotatable bonds is 8. The molecule has 1 aromatic heterocycles. The molecule has 7 nitrogen and oxygen atoms in total. The maximum atomic E-state index is 13.0. The lowest BCUT2D eigenvalue weighted by atomic mass is 10.0. The van der Waals surface area contributed by atoms with E-state index < -0.39 is 0 Å². The van der Waals surface area contributed by atoms with Gasteiger partial charge in [-0.2, -0.15) is 0 Å². The smallest absolute Gasteiger partial charge is 0.252 e. The second kappa shape index (κ2) is 9.45. The van der Waals surface area contributed by atoms with Gasteiger partial charge in [-0.3, -0.25) is 9.59 Å². The molecule has 0 saturated heterocycles. The maximum absolute atomic E-state index is 13.0. The van der Waals surface area contributed by atoms with Crippen LogP contribution in [0.5, 0.6) is 11.5 Å². The van der Waals surface area contributed by atoms with Gasteiger partial charge in [0.2, 0.25) is 0 Å². The molecule has 0 spiro atoms. The molecule has 3 rings (SSSR count). The quantitative estimate of drug-likeness (QED) is 0.578. The highest BCUT2D eigenvalue weighted by Crippen LogP contribution is 2.30. The van der Waals surface area contributed by atoms with Gasteiger partial charge in [-0.05, 0) is 30.7 Å². The van der Waals surface area contributed by atoms with Crippen molar-refractivity contribution in [1.29, 1.82) is 0 Å². The standard InChI is InChI=1S/C23H26N2O5/c1-15(16-9-10-20(21(13-16)29-4)30-12-11-28-3)24-23(27)18-14-22(26)25(2)19-8-6-5-7-17(18)19/h5-10,13-15H,11-12H2,1-4H3,(H,24,27). The number of para-hydroxylation sites is 1. The van der Waals surface area contributed by atoms with E-state index in [4.69, 9.17) is 14.2 Å². The molecule has 0 aliphatic carbocycles. The van der Waals surface area contributed by atoms with Crippen molar-refractivity contribution in [3.63, 3.8) is 0 Å². The van der Waals surface area contributed by atoms with E-state index in [2.05, 4.69) is 5.32 Å². The van der Waals surface area contributed by atoms with Gasteiger partial charge in [0.25, 0.3) is 11.5 Å². The van der Waals surface area contributed by atoms with E-state index in [1.807, 2.05) is 43.3 Å². The lowest BCUT2D eigenvalue weighted by Crippen LogP contribution is -2.29. The highest BCUT2D eigenvalue weighted by atomic mass is 16.5. The first-order valence-corrected chi connectivity index (χ1v) is 9.65. The molecule has 1 N–H and O–H groups in total. The molecule has 0 aliphatic heterocycles. The second-order valence-corrected chi connectivity index (χ2v) is 6.92. The van der Waals surface area contributed by atoms with Gasteiger partial charge in [-0.25, -0.2) is 0 Å². The van der Waals surface area contributed by atoms with E-state index in [0.29, 0.717) is 35.8 Å². The third kappa shape index (κ3) is 4.46. The van der Waals surface area contributed by atoms with Crippen molar-refractivity contribution < 1.29 is 19.0 Å². The Balaban J connectivity index is 1.83. The molecule has 158 valence electrons. The fraction of sp³-hybridized carbons (Fsp3) is 0.304. The molecule has 0 aliphatic rings. The number of hydrogen-bond donors (Lipinski definition) is 1. The minimum Gasteiger partial charge on any atom is -0.493 e. The Hall–Kier alpha value is -3.32. The Morgan fingerprint density at radius 1 is 1.07 bits per heavy atom. The molecule has 2 aromatic carbocycles. The van der Waals surface area contributed by atoms with Gasteiger partial charge in [-0.1, -0.05) is 24.3 Å². The molecule has 30 heavy (non-hydrogen) atoms. The number of methoxy groups -OCH3 is 2. The molecule has 1 atom stereocenters. The number of ether oxygens (including phenoxy) is 3. The third-order valence-electron chi connectivity index (χ3n) is 4.98. The van der Waals surface area contributed by atoms with Gasteiger partial charge in [0.15, 0.2) is 11.5 Å². The van der Waals surface area contributed by atoms with Crippen molar-refractivity contribution in [2.75, 3.05) is 27.4 Å². The number of nitrogens with zero attached hydrogens (tertiary/aromatic N) is 1. The van der Waals surface area contributed by atoms with Crippen LogP contribution in [0.25, 0.3) is 10.9 Å². The Morgan fingerprint density at radius 2 is 1.83 bits per heavy atom. The summed E-state index contributed by atoms with van der Waals surface area (Å²) in [6, 6.07) is 13.9. The van der Waals surface area contributed by atoms with Gasteiger partial charge in [-0.15, -0.1) is 0 Å². The summed E-state index contributed by atoms with van der Waals surface area (Å²) in [5, 5.41) is 3.70. The Morgan fingerprint density at radius 3 is 2.57 bits per heavy atom. The molecule has 1 amide bonds. The molecule has 3 aromatic rings. The topological polar surface area (TPSA) is 78.8 Å². The predicted octanol–water partition coefficient (Wildman–Crippen LogP) is 3.06. The Kier molecular flexibility index (Phi) is 6.74. The summed E-state index contributed by atoms with van der Waals surface area (Å²) in [5.74, 6) is 0.869. The van der Waals surface area contributed by atoms with Crippen LogP contribution in [0.2, 0.25) is 0 Å². The van der Waals surface area contributed by atoms with Gasteiger partial charge >= 0.3 is 0 Å². The van der Waals surface area contributed by atoms with Gasteiger partial charge < -0.3 is 24.1 Å². The number of amides is 1. The zero-order valence-electron chi connectivity index (χ0n) is 17.6. The molecular weight excluding hydrogens is 384 g/mol. The molecule has 1 unspecified atom stereocenters. The molecule has 7 heteroatoms. The van der Waals surface area contributed by atoms with Gasteiger partial charge in [0.05, 0.1) is 30.8 Å². The van der Waals surface area contributed by atoms with Gasteiger partial charge in [0, 0.05) is 25.6 Å². The van der Waals surface area contributed by atoms with Crippen LogP contribution in [0.3, 0.4) is 0 Å². The van der Waals surface area contributed by atoms with E-state index in [9.17, 15) is 9.59 Å². The number of nitrogens with one attached hydrogen (secondary N) is 1. The average Bonchev–Trinajstić information content (AvgIpc) is 2.76. The lowest BCUT2D eigenvalue weighted by molar-refractivity contribution is 0.0941. The zero-order valence-corrected chi connectivity index (χ0v) is 17.6. The Labute approximate surface area is 175 Å². The maximum Gasteiger partial charge on any atom is 0.252 e. The van der Waals surface area contributed by atoms with Crippen LogP contribution in [0.1, 0.15) is 28.9 Å². The first-order chi connectivity index (χ1) is 14.5. The normalized spacial score (nSPS) is 11.9. The van der Waals surface area contributed by atoms with Crippen molar-refractivity contribution in [1.82, 2.24) is 9.88 Å². The number of carbonyl (C=O) groups excluding carboxylic acids is 1. The van der Waals surface area contributed by atoms with E-state index in [-0.39, 0.29) is 17.5 Å². The number of carbonyl (C=O) groups is 1. The number of aryl methyl sites for hydroxylation is 1. The highest BCUT2D eigenvalue weighted by Gasteiger charge is 2.17. The highest BCUT2D eigenvalue weighted by molar-refractivity contribution is 6.06. The first-order valence-electron chi connectivity index (χ1n) is 9.65. The largest absolute Gasteiger partial charge is 0.493 e. The lowest BCUT2D eigenvalue weighted by Gasteiger charge is -2.18. The number of pyridine rings is 1. The van der Waals surface area contributed by atoms with Crippen molar-refractivity contribution >= 4 is 16.8 Å². The summed E-state index contributed by atoms with van der Waals surface area (Å²) in [4.78, 5) is 25.3. The van der Waals surface area contributed by atoms with Crippen LogP contribution in [0.15, 0.2) is 53.3 Å². The zero-order chi connectivity index (χ0) is 21.7. The summed E-state index contributed by atoms with van der Waals surface area (Å²) in [5.41, 5.74) is 1.69. The summed E-state index contributed by atoms with van der Waals surface area (Å²) in [7, 11) is 4.87. The summed E-state index contributed by atoms with van der Waals surface area (Å²) < 4.78 is 17.6. The molecule has 0 bridgehead atoms. The second-order valence-electron chi connectivity index (χ2n) is 6.92. The SMILES string of the molecule is COCCOc1ccc(C(C)NC(=O)c2cc(=O)n(C)c3ccccc23)cc1OC. The summed E-state index contributed by atoms with van der Waals surface area (Å²) >= 11 is 0. The van der Waals surface area contributed by atoms with Crippen LogP contribution in [0.4, 0.5) is 0 Å². The first kappa shape index (κ1) is 21.4. The average molecular weight is 410 g/mol. The molecule has 1 heterocycles. The van der Waals surface area contributed by atoms with Crippen molar-refractivity contribution in [2.45, 2.75) is 13.0 Å². The van der Waals surface area contributed by atoms with Crippen LogP contribution in [0, 0.1) is 0 Å². The van der Waals surface area contributed by atoms with Gasteiger partial charge in [0.1, 0.15) is 6.61 Å². The minimum absolute atomic E-state index is 0.231. The number of hydrogen-bond acceptors (Lipinski definition) is 5. The third-order valence-corrected chi connectivity index (χ3v) is 4.98. The van der Waals surface area contributed by atoms with Crippen LogP contribution in [-0.4, -0.2) is 37.9 Å². The summed E-state index contributed by atoms with van der Waals surface area (Å²) in [6.45, 7) is 2.76. The molecule has 0 fully saturated rings. The molecule has 0 saturated carbocycles. The van der Waals surface area contributed by atoms with E-state index in [0.717, 1.165) is 10.9 Å². The van der Waals surface area contributed by atoms with Crippen LogP contribution < -0.4 is 20.3 Å². The van der Waals surface area contributed by atoms with Crippen LogP contribution in [-0.2, 0) is 11.8 Å². The fourth-order valence-corrected chi connectivity index (χ4v) is 3.26. The predicted molar refractivity (Wildman–Crippen MR) is 115 cm³/mol. The minimum atomic E-state index is -0.309. The number of benzene rings is 2. The molecule has 0 radical (unpaired) electrons. The van der Waals surface area contributed by atoms with Crippen LogP contribution >= 0.6 is 0 Å². The number of fused-ring (bicyclic) bond motifs is 1. The van der Waals surface area contributed by atoms with E-state index in [1.165, 1.54) is 10.6 Å². The molecular formula is C23H26N2O5.